The predicted molar refractivity (Wildman–Crippen MR) is 74.5 cm³/mol. The number of nitrogens with zero attached hydrogens (tertiary/aromatic N) is 1. The van der Waals surface area contributed by atoms with Crippen LogP contribution in [0.4, 0.5) is 10.1 Å². The molecule has 1 unspecified atom stereocenters. The van der Waals surface area contributed by atoms with Crippen molar-refractivity contribution in [2.24, 2.45) is 5.14 Å². The van der Waals surface area contributed by atoms with Gasteiger partial charge in [0.1, 0.15) is 16.8 Å². The van der Waals surface area contributed by atoms with E-state index in [1.54, 1.807) is 0 Å². The predicted octanol–water partition coefficient (Wildman–Crippen LogP) is 0.991. The first-order valence-electron chi connectivity index (χ1n) is 5.59. The standard InChI is InChI=1S/C11H12BrFN2O4S/c1-19-10-3-7(12)8(13)4-9(10)15-5-6(2-11(15)16)20(14,17)18/h3-4,6H,2,5H2,1H3,(H2,14,17,18). The van der Waals surface area contributed by atoms with Gasteiger partial charge in [-0.3, -0.25) is 4.79 Å². The van der Waals surface area contributed by atoms with E-state index in [1.807, 2.05) is 0 Å². The highest BCUT2D eigenvalue weighted by Crippen LogP contribution is 2.36. The van der Waals surface area contributed by atoms with E-state index in [-0.39, 0.29) is 28.9 Å². The Bertz CT molecular complexity index is 665. The van der Waals surface area contributed by atoms with Gasteiger partial charge in [0.25, 0.3) is 0 Å². The van der Waals surface area contributed by atoms with Crippen molar-refractivity contribution in [2.75, 3.05) is 18.6 Å². The normalized spacial score (nSPS) is 19.5. The Labute approximate surface area is 123 Å². The number of rotatable bonds is 3. The molecule has 1 aromatic rings. The molecule has 1 saturated heterocycles. The Balaban J connectivity index is 2.42. The maximum atomic E-state index is 13.6. The Morgan fingerprint density at radius 3 is 2.65 bits per heavy atom. The van der Waals surface area contributed by atoms with Gasteiger partial charge in [-0.05, 0) is 22.0 Å². The zero-order valence-corrected chi connectivity index (χ0v) is 12.9. The summed E-state index contributed by atoms with van der Waals surface area (Å²) in [5, 5.41) is 4.05. The van der Waals surface area contributed by atoms with E-state index in [0.717, 1.165) is 6.07 Å². The van der Waals surface area contributed by atoms with Crippen molar-refractivity contribution in [1.82, 2.24) is 0 Å². The van der Waals surface area contributed by atoms with Crippen molar-refractivity contribution in [1.29, 1.82) is 0 Å². The Morgan fingerprint density at radius 2 is 2.15 bits per heavy atom. The second kappa shape index (κ2) is 5.30. The topological polar surface area (TPSA) is 89.7 Å². The lowest BCUT2D eigenvalue weighted by Gasteiger charge is -2.19. The number of hydrogen-bond acceptors (Lipinski definition) is 4. The lowest BCUT2D eigenvalue weighted by atomic mass is 10.2. The SMILES string of the molecule is COc1cc(Br)c(F)cc1N1CC(S(N)(=O)=O)CC1=O. The summed E-state index contributed by atoms with van der Waals surface area (Å²) in [4.78, 5) is 13.1. The molecule has 2 N–H and O–H groups in total. The average molecular weight is 367 g/mol. The fourth-order valence-corrected chi connectivity index (χ4v) is 3.07. The van der Waals surface area contributed by atoms with Gasteiger partial charge >= 0.3 is 0 Å². The lowest BCUT2D eigenvalue weighted by Crippen LogP contribution is -2.32. The summed E-state index contributed by atoms with van der Waals surface area (Å²) in [5.74, 6) is -0.751. The summed E-state index contributed by atoms with van der Waals surface area (Å²) in [6.07, 6.45) is -0.223. The molecule has 0 saturated carbocycles. The van der Waals surface area contributed by atoms with Gasteiger partial charge in [0.15, 0.2) is 0 Å². The maximum absolute atomic E-state index is 13.6. The zero-order valence-electron chi connectivity index (χ0n) is 10.5. The summed E-state index contributed by atoms with van der Waals surface area (Å²) >= 11 is 3.01. The summed E-state index contributed by atoms with van der Waals surface area (Å²) in [6.45, 7) is -0.116. The van der Waals surface area contributed by atoms with E-state index < -0.39 is 27.0 Å². The van der Waals surface area contributed by atoms with Gasteiger partial charge < -0.3 is 9.64 Å². The molecule has 9 heteroatoms. The van der Waals surface area contributed by atoms with Gasteiger partial charge in [-0.25, -0.2) is 17.9 Å². The van der Waals surface area contributed by atoms with Crippen molar-refractivity contribution >= 4 is 37.5 Å². The van der Waals surface area contributed by atoms with Crippen LogP contribution in [-0.4, -0.2) is 33.2 Å². The van der Waals surface area contributed by atoms with Gasteiger partial charge in [-0.1, -0.05) is 0 Å². The fourth-order valence-electron chi connectivity index (χ4n) is 2.02. The quantitative estimate of drug-likeness (QED) is 0.863. The summed E-state index contributed by atoms with van der Waals surface area (Å²) in [7, 11) is -2.44. The van der Waals surface area contributed by atoms with E-state index in [2.05, 4.69) is 15.9 Å². The fraction of sp³-hybridized carbons (Fsp3) is 0.364. The van der Waals surface area contributed by atoms with Crippen LogP contribution in [0.3, 0.4) is 0 Å². The van der Waals surface area contributed by atoms with Crippen molar-refractivity contribution in [3.05, 3.63) is 22.4 Å². The minimum Gasteiger partial charge on any atom is -0.495 e. The van der Waals surface area contributed by atoms with E-state index in [4.69, 9.17) is 9.88 Å². The Kier molecular flexibility index (Phi) is 4.03. The van der Waals surface area contributed by atoms with Gasteiger partial charge in [-0.2, -0.15) is 0 Å². The van der Waals surface area contributed by atoms with E-state index in [0.29, 0.717) is 0 Å². The second-order valence-corrected chi connectivity index (χ2v) is 7.06. The largest absolute Gasteiger partial charge is 0.495 e. The van der Waals surface area contributed by atoms with Crippen molar-refractivity contribution in [3.8, 4) is 5.75 Å². The third-order valence-electron chi connectivity index (χ3n) is 3.07. The molecule has 1 amide bonds. The highest BCUT2D eigenvalue weighted by atomic mass is 79.9. The van der Waals surface area contributed by atoms with Crippen molar-refractivity contribution in [3.63, 3.8) is 0 Å². The first kappa shape index (κ1) is 15.2. The summed E-state index contributed by atoms with van der Waals surface area (Å²) in [6, 6.07) is 2.49. The lowest BCUT2D eigenvalue weighted by molar-refractivity contribution is -0.117. The van der Waals surface area contributed by atoms with E-state index in [9.17, 15) is 17.6 Å². The van der Waals surface area contributed by atoms with Gasteiger partial charge in [0.2, 0.25) is 15.9 Å². The third kappa shape index (κ3) is 2.79. The minimum absolute atomic E-state index is 0.116. The molecule has 1 aliphatic rings. The van der Waals surface area contributed by atoms with Crippen LogP contribution in [-0.2, 0) is 14.8 Å². The third-order valence-corrected chi connectivity index (χ3v) is 4.92. The van der Waals surface area contributed by atoms with Crippen LogP contribution < -0.4 is 14.8 Å². The molecule has 2 rings (SSSR count). The smallest absolute Gasteiger partial charge is 0.228 e. The molecular weight excluding hydrogens is 355 g/mol. The molecule has 20 heavy (non-hydrogen) atoms. The number of methoxy groups -OCH3 is 1. The first-order valence-corrected chi connectivity index (χ1v) is 7.99. The van der Waals surface area contributed by atoms with Crippen LogP contribution in [0.1, 0.15) is 6.42 Å². The molecule has 1 fully saturated rings. The number of halogens is 2. The number of primary sulfonamides is 1. The first-order chi connectivity index (χ1) is 9.24. The molecule has 1 aliphatic heterocycles. The van der Waals surface area contributed by atoms with Gasteiger partial charge in [0, 0.05) is 19.0 Å². The van der Waals surface area contributed by atoms with E-state index >= 15 is 0 Å². The number of anilines is 1. The number of hydrogen-bond donors (Lipinski definition) is 1. The zero-order chi connectivity index (χ0) is 15.1. The van der Waals surface area contributed by atoms with Crippen LogP contribution in [0.2, 0.25) is 0 Å². The molecule has 1 heterocycles. The summed E-state index contributed by atoms with van der Waals surface area (Å²) < 4.78 is 41.5. The Hall–Kier alpha value is -1.19. The van der Waals surface area contributed by atoms with Gasteiger partial charge in [-0.15, -0.1) is 0 Å². The minimum atomic E-state index is -3.82. The molecular formula is C11H12BrFN2O4S. The molecule has 0 bridgehead atoms. The number of carbonyl (C=O) groups is 1. The van der Waals surface area contributed by atoms with Crippen LogP contribution in [0.15, 0.2) is 16.6 Å². The molecule has 6 nitrogen and oxygen atoms in total. The number of nitrogens with two attached hydrogens (primary N) is 1. The highest BCUT2D eigenvalue weighted by Gasteiger charge is 2.38. The number of amides is 1. The molecule has 0 spiro atoms. The molecule has 1 atom stereocenters. The average Bonchev–Trinajstić information content (AvgIpc) is 2.74. The number of carbonyl (C=O) groups excluding carboxylic acids is 1. The van der Waals surface area contributed by atoms with Crippen LogP contribution in [0.25, 0.3) is 0 Å². The number of ether oxygens (including phenoxy) is 1. The molecule has 0 aliphatic carbocycles. The molecule has 0 radical (unpaired) electrons. The van der Waals surface area contributed by atoms with Crippen molar-refractivity contribution in [2.45, 2.75) is 11.7 Å². The van der Waals surface area contributed by atoms with E-state index in [1.165, 1.54) is 18.1 Å². The highest BCUT2D eigenvalue weighted by molar-refractivity contribution is 9.10. The molecule has 110 valence electrons. The van der Waals surface area contributed by atoms with Crippen molar-refractivity contribution < 1.29 is 22.3 Å². The number of sulfonamides is 1. The maximum Gasteiger partial charge on any atom is 0.228 e. The molecule has 0 aromatic heterocycles. The van der Waals surface area contributed by atoms with Crippen LogP contribution >= 0.6 is 15.9 Å². The monoisotopic (exact) mass is 366 g/mol. The van der Waals surface area contributed by atoms with Crippen LogP contribution in [0.5, 0.6) is 5.75 Å². The molecule has 1 aromatic carbocycles. The second-order valence-electron chi connectivity index (χ2n) is 4.36. The van der Waals surface area contributed by atoms with Crippen LogP contribution in [0, 0.1) is 5.82 Å². The van der Waals surface area contributed by atoms with Gasteiger partial charge in [0.05, 0.1) is 17.3 Å². The number of benzene rings is 1. The Morgan fingerprint density at radius 1 is 1.50 bits per heavy atom. The summed E-state index contributed by atoms with van der Waals surface area (Å²) in [5.41, 5.74) is 0.185.